The standard InChI is InChI=1S/C16H31NO/c1-4-17-16(10-14-7-8-18-11-14)15-6-5-12(2)13(3)9-15/h12-17H,4-11H2,1-3H3. The van der Waals surface area contributed by atoms with Crippen LogP contribution in [-0.2, 0) is 4.74 Å². The summed E-state index contributed by atoms with van der Waals surface area (Å²) in [7, 11) is 0. The van der Waals surface area contributed by atoms with Crippen LogP contribution in [-0.4, -0.2) is 25.8 Å². The third-order valence-electron chi connectivity index (χ3n) is 5.29. The van der Waals surface area contributed by atoms with E-state index in [1.807, 2.05) is 0 Å². The molecule has 106 valence electrons. The second kappa shape index (κ2) is 6.91. The molecular formula is C16H31NO. The van der Waals surface area contributed by atoms with Gasteiger partial charge in [-0.15, -0.1) is 0 Å². The quantitative estimate of drug-likeness (QED) is 0.810. The highest BCUT2D eigenvalue weighted by Gasteiger charge is 2.31. The molecule has 0 aromatic heterocycles. The molecule has 2 heteroatoms. The number of ether oxygens (including phenoxy) is 1. The highest BCUT2D eigenvalue weighted by molar-refractivity contribution is 4.85. The van der Waals surface area contributed by atoms with Crippen LogP contribution in [0.1, 0.15) is 52.9 Å². The molecule has 0 bridgehead atoms. The third-order valence-corrected chi connectivity index (χ3v) is 5.29. The molecule has 5 unspecified atom stereocenters. The number of hydrogen-bond acceptors (Lipinski definition) is 2. The molecule has 2 nitrogen and oxygen atoms in total. The highest BCUT2D eigenvalue weighted by Crippen LogP contribution is 2.37. The minimum Gasteiger partial charge on any atom is -0.381 e. The van der Waals surface area contributed by atoms with E-state index in [2.05, 4.69) is 26.1 Å². The molecule has 1 saturated heterocycles. The van der Waals surface area contributed by atoms with E-state index in [-0.39, 0.29) is 0 Å². The lowest BCUT2D eigenvalue weighted by Gasteiger charge is -2.38. The average Bonchev–Trinajstić information content (AvgIpc) is 2.85. The second-order valence-electron chi connectivity index (χ2n) is 6.66. The topological polar surface area (TPSA) is 21.3 Å². The average molecular weight is 253 g/mol. The zero-order chi connectivity index (χ0) is 13.0. The number of rotatable bonds is 5. The van der Waals surface area contributed by atoms with Gasteiger partial charge < -0.3 is 10.1 Å². The van der Waals surface area contributed by atoms with Crippen LogP contribution < -0.4 is 5.32 Å². The van der Waals surface area contributed by atoms with Crippen molar-refractivity contribution in [2.75, 3.05) is 19.8 Å². The molecule has 1 aliphatic heterocycles. The predicted molar refractivity (Wildman–Crippen MR) is 76.7 cm³/mol. The number of nitrogens with one attached hydrogen (secondary N) is 1. The van der Waals surface area contributed by atoms with Crippen LogP contribution in [0.5, 0.6) is 0 Å². The van der Waals surface area contributed by atoms with Gasteiger partial charge in [-0.25, -0.2) is 0 Å². The zero-order valence-corrected chi connectivity index (χ0v) is 12.5. The molecule has 0 radical (unpaired) electrons. The lowest BCUT2D eigenvalue weighted by atomic mass is 9.72. The summed E-state index contributed by atoms with van der Waals surface area (Å²) in [6.45, 7) is 10.2. The maximum Gasteiger partial charge on any atom is 0.0495 e. The largest absolute Gasteiger partial charge is 0.381 e. The van der Waals surface area contributed by atoms with Gasteiger partial charge in [0.25, 0.3) is 0 Å². The van der Waals surface area contributed by atoms with E-state index in [0.717, 1.165) is 49.5 Å². The SMILES string of the molecule is CCNC(CC1CCOC1)C1CCC(C)C(C)C1. The molecule has 0 spiro atoms. The summed E-state index contributed by atoms with van der Waals surface area (Å²) in [6.07, 6.45) is 6.89. The van der Waals surface area contributed by atoms with Crippen molar-refractivity contribution in [1.29, 1.82) is 0 Å². The predicted octanol–water partition coefficient (Wildman–Crippen LogP) is 3.46. The van der Waals surface area contributed by atoms with Crippen molar-refractivity contribution in [1.82, 2.24) is 5.32 Å². The summed E-state index contributed by atoms with van der Waals surface area (Å²) < 4.78 is 5.53. The molecule has 1 saturated carbocycles. The van der Waals surface area contributed by atoms with Crippen LogP contribution in [0.2, 0.25) is 0 Å². The summed E-state index contributed by atoms with van der Waals surface area (Å²) in [6, 6.07) is 0.733. The fourth-order valence-corrected chi connectivity index (χ4v) is 3.79. The lowest BCUT2D eigenvalue weighted by Crippen LogP contribution is -2.41. The molecule has 0 aromatic rings. The number of hydrogen-bond donors (Lipinski definition) is 1. The van der Waals surface area contributed by atoms with E-state index < -0.39 is 0 Å². The first-order valence-corrected chi connectivity index (χ1v) is 8.01. The van der Waals surface area contributed by atoms with Gasteiger partial charge in [-0.1, -0.05) is 27.2 Å². The van der Waals surface area contributed by atoms with E-state index in [1.165, 1.54) is 32.1 Å². The van der Waals surface area contributed by atoms with Crippen molar-refractivity contribution in [3.8, 4) is 0 Å². The van der Waals surface area contributed by atoms with E-state index >= 15 is 0 Å². The molecule has 18 heavy (non-hydrogen) atoms. The van der Waals surface area contributed by atoms with Gasteiger partial charge in [0.2, 0.25) is 0 Å². The summed E-state index contributed by atoms with van der Waals surface area (Å²) in [4.78, 5) is 0. The maximum atomic E-state index is 5.53. The first-order valence-electron chi connectivity index (χ1n) is 8.01. The molecule has 2 rings (SSSR count). The summed E-state index contributed by atoms with van der Waals surface area (Å²) in [5.74, 6) is 3.54. The van der Waals surface area contributed by atoms with Gasteiger partial charge in [0, 0.05) is 19.3 Å². The van der Waals surface area contributed by atoms with Crippen LogP contribution in [0, 0.1) is 23.7 Å². The van der Waals surface area contributed by atoms with Gasteiger partial charge >= 0.3 is 0 Å². The van der Waals surface area contributed by atoms with Crippen molar-refractivity contribution in [3.63, 3.8) is 0 Å². The van der Waals surface area contributed by atoms with E-state index in [1.54, 1.807) is 0 Å². The Morgan fingerprint density at radius 1 is 1.17 bits per heavy atom. The van der Waals surface area contributed by atoms with Crippen molar-refractivity contribution >= 4 is 0 Å². The molecule has 1 heterocycles. The Hall–Kier alpha value is -0.0800. The first-order chi connectivity index (χ1) is 8.70. The highest BCUT2D eigenvalue weighted by atomic mass is 16.5. The minimum atomic E-state index is 0.733. The van der Waals surface area contributed by atoms with Gasteiger partial charge in [-0.3, -0.25) is 0 Å². The van der Waals surface area contributed by atoms with Crippen molar-refractivity contribution in [2.45, 2.75) is 58.9 Å². The van der Waals surface area contributed by atoms with Crippen LogP contribution in [0.15, 0.2) is 0 Å². The van der Waals surface area contributed by atoms with E-state index in [4.69, 9.17) is 4.74 Å². The smallest absolute Gasteiger partial charge is 0.0495 e. The van der Waals surface area contributed by atoms with Gasteiger partial charge in [-0.05, 0) is 55.9 Å². The fraction of sp³-hybridized carbons (Fsp3) is 1.00. The Bertz CT molecular complexity index is 237. The van der Waals surface area contributed by atoms with Crippen molar-refractivity contribution in [3.05, 3.63) is 0 Å². The molecule has 2 aliphatic rings. The monoisotopic (exact) mass is 253 g/mol. The molecular weight excluding hydrogens is 222 g/mol. The van der Waals surface area contributed by atoms with Crippen LogP contribution in [0.4, 0.5) is 0 Å². The normalized spacial score (nSPS) is 38.8. The van der Waals surface area contributed by atoms with Crippen molar-refractivity contribution in [2.24, 2.45) is 23.7 Å². The Balaban J connectivity index is 1.87. The van der Waals surface area contributed by atoms with Gasteiger partial charge in [0.1, 0.15) is 0 Å². The Kier molecular flexibility index (Phi) is 5.50. The Morgan fingerprint density at radius 2 is 2.00 bits per heavy atom. The molecule has 1 N–H and O–H groups in total. The Morgan fingerprint density at radius 3 is 2.61 bits per heavy atom. The van der Waals surface area contributed by atoms with E-state index in [9.17, 15) is 0 Å². The van der Waals surface area contributed by atoms with Crippen LogP contribution in [0.25, 0.3) is 0 Å². The Labute approximate surface area is 113 Å². The molecule has 2 fully saturated rings. The summed E-state index contributed by atoms with van der Waals surface area (Å²) in [5.41, 5.74) is 0. The zero-order valence-electron chi connectivity index (χ0n) is 12.5. The van der Waals surface area contributed by atoms with E-state index in [0.29, 0.717) is 0 Å². The maximum absolute atomic E-state index is 5.53. The second-order valence-corrected chi connectivity index (χ2v) is 6.66. The van der Waals surface area contributed by atoms with Gasteiger partial charge in [0.05, 0.1) is 0 Å². The molecule has 0 amide bonds. The summed E-state index contributed by atoms with van der Waals surface area (Å²) in [5, 5.41) is 3.76. The van der Waals surface area contributed by atoms with Gasteiger partial charge in [0.15, 0.2) is 0 Å². The molecule has 1 aliphatic carbocycles. The van der Waals surface area contributed by atoms with Crippen LogP contribution in [0.3, 0.4) is 0 Å². The van der Waals surface area contributed by atoms with Crippen molar-refractivity contribution < 1.29 is 4.74 Å². The first kappa shape index (κ1) is 14.3. The lowest BCUT2D eigenvalue weighted by molar-refractivity contribution is 0.147. The fourth-order valence-electron chi connectivity index (χ4n) is 3.79. The third kappa shape index (κ3) is 3.71. The van der Waals surface area contributed by atoms with Gasteiger partial charge in [-0.2, -0.15) is 0 Å². The molecule has 0 aromatic carbocycles. The molecule has 5 atom stereocenters. The minimum absolute atomic E-state index is 0.733. The summed E-state index contributed by atoms with van der Waals surface area (Å²) >= 11 is 0. The van der Waals surface area contributed by atoms with Crippen LogP contribution >= 0.6 is 0 Å².